The number of nitro benzene ring substituents is 1. The van der Waals surface area contributed by atoms with Gasteiger partial charge in [-0.3, -0.25) is 19.7 Å². The number of hydrogen-bond acceptors (Lipinski definition) is 6. The van der Waals surface area contributed by atoms with Crippen LogP contribution in [-0.4, -0.2) is 33.6 Å². The van der Waals surface area contributed by atoms with Crippen molar-refractivity contribution < 1.29 is 18.9 Å². The predicted octanol–water partition coefficient (Wildman–Crippen LogP) is 4.69. The fourth-order valence-electron chi connectivity index (χ4n) is 3.14. The molecule has 0 aliphatic carbocycles. The number of non-ortho nitro benzene ring substituents is 1. The van der Waals surface area contributed by atoms with Gasteiger partial charge in [-0.1, -0.05) is 11.6 Å². The zero-order valence-corrected chi connectivity index (χ0v) is 20.4. The molecular weight excluding hydrogens is 547 g/mol. The molecule has 2 amide bonds. The molecule has 0 saturated carbocycles. The van der Waals surface area contributed by atoms with Gasteiger partial charge in [-0.25, -0.2) is 9.07 Å². The lowest BCUT2D eigenvalue weighted by Gasteiger charge is -2.13. The van der Waals surface area contributed by atoms with Gasteiger partial charge in [-0.15, -0.1) is 0 Å². The molecule has 2 aromatic carbocycles. The molecule has 0 aliphatic heterocycles. The second kappa shape index (κ2) is 10.5. The van der Waals surface area contributed by atoms with Crippen molar-refractivity contribution in [3.05, 3.63) is 84.3 Å². The van der Waals surface area contributed by atoms with Gasteiger partial charge in [0.05, 0.1) is 44.2 Å². The lowest BCUT2D eigenvalue weighted by Crippen LogP contribution is -2.22. The molecule has 0 aliphatic rings. The number of nitriles is 1. The van der Waals surface area contributed by atoms with Crippen LogP contribution in [0.4, 0.5) is 15.8 Å². The van der Waals surface area contributed by atoms with Crippen molar-refractivity contribution in [3.63, 3.8) is 0 Å². The minimum absolute atomic E-state index is 0.00403. The Bertz CT molecular complexity index is 1450. The molecule has 1 aromatic heterocycles. The van der Waals surface area contributed by atoms with E-state index in [0.29, 0.717) is 5.56 Å². The summed E-state index contributed by atoms with van der Waals surface area (Å²) in [6.07, 6.45) is 0.892. The van der Waals surface area contributed by atoms with Gasteiger partial charge in [0.1, 0.15) is 4.60 Å². The summed E-state index contributed by atoms with van der Waals surface area (Å²) in [5.74, 6) is -2.94. The molecule has 0 atom stereocenters. The molecule has 0 bridgehead atoms. The number of hydrogen-bond donors (Lipinski definition) is 2. The highest BCUT2D eigenvalue weighted by atomic mass is 79.9. The summed E-state index contributed by atoms with van der Waals surface area (Å²) in [7, 11) is 1.38. The Labute approximate surface area is 211 Å². The number of nitrogens with zero attached hydrogens (tertiary/aromatic N) is 4. The van der Waals surface area contributed by atoms with Crippen molar-refractivity contribution >= 4 is 56.8 Å². The van der Waals surface area contributed by atoms with E-state index in [9.17, 15) is 24.1 Å². The molecule has 0 radical (unpaired) electrons. The molecule has 10 nitrogen and oxygen atoms in total. The third kappa shape index (κ3) is 5.53. The molecular formula is C22H15BrClFN6O4. The number of halogens is 3. The summed E-state index contributed by atoms with van der Waals surface area (Å²) in [5.41, 5.74) is 0.701. The van der Waals surface area contributed by atoms with Gasteiger partial charge >= 0.3 is 0 Å². The predicted molar refractivity (Wildman–Crippen MR) is 130 cm³/mol. The quantitative estimate of drug-likeness (QED) is 0.254. The normalized spacial score (nSPS) is 11.0. The number of benzene rings is 2. The van der Waals surface area contributed by atoms with E-state index in [1.54, 1.807) is 6.92 Å². The van der Waals surface area contributed by atoms with Gasteiger partial charge in [0.2, 0.25) is 0 Å². The van der Waals surface area contributed by atoms with Crippen molar-refractivity contribution in [2.45, 2.75) is 6.92 Å². The van der Waals surface area contributed by atoms with Gasteiger partial charge < -0.3 is 10.6 Å². The minimum atomic E-state index is -1.22. The molecule has 178 valence electrons. The van der Waals surface area contributed by atoms with Crippen LogP contribution in [0.5, 0.6) is 0 Å². The largest absolute Gasteiger partial charge is 0.355 e. The van der Waals surface area contributed by atoms with Gasteiger partial charge in [0.15, 0.2) is 5.83 Å². The van der Waals surface area contributed by atoms with Gasteiger partial charge in [0, 0.05) is 25.3 Å². The smallest absolute Gasteiger partial charge is 0.284 e. The van der Waals surface area contributed by atoms with E-state index in [0.717, 1.165) is 12.1 Å². The fourth-order valence-corrected chi connectivity index (χ4v) is 3.79. The van der Waals surface area contributed by atoms with Crippen molar-refractivity contribution in [1.29, 1.82) is 5.26 Å². The molecule has 3 rings (SSSR count). The van der Waals surface area contributed by atoms with Crippen LogP contribution in [0.2, 0.25) is 5.02 Å². The highest BCUT2D eigenvalue weighted by Crippen LogP contribution is 2.29. The maximum Gasteiger partial charge on any atom is 0.284 e. The topological polar surface area (TPSA) is 143 Å². The number of aromatic nitrogens is 2. The van der Waals surface area contributed by atoms with Crippen molar-refractivity contribution in [3.8, 4) is 11.8 Å². The molecule has 35 heavy (non-hydrogen) atoms. The first-order valence-corrected chi connectivity index (χ1v) is 10.9. The number of nitrogens with one attached hydrogen (secondary N) is 2. The number of anilines is 1. The van der Waals surface area contributed by atoms with E-state index in [4.69, 9.17) is 16.9 Å². The average molecular weight is 562 g/mol. The van der Waals surface area contributed by atoms with Crippen molar-refractivity contribution in [2.24, 2.45) is 0 Å². The van der Waals surface area contributed by atoms with Gasteiger partial charge in [-0.05, 0) is 52.7 Å². The van der Waals surface area contributed by atoms with Gasteiger partial charge in [-0.2, -0.15) is 10.4 Å². The number of rotatable bonds is 6. The summed E-state index contributed by atoms with van der Waals surface area (Å²) in [4.78, 5) is 35.2. The highest BCUT2D eigenvalue weighted by molar-refractivity contribution is 9.10. The van der Waals surface area contributed by atoms with Crippen LogP contribution < -0.4 is 10.6 Å². The molecule has 2 N–H and O–H groups in total. The van der Waals surface area contributed by atoms with E-state index in [-0.39, 0.29) is 43.5 Å². The lowest BCUT2D eigenvalue weighted by atomic mass is 10.0. The summed E-state index contributed by atoms with van der Waals surface area (Å²) < 4.78 is 16.4. The SMILES string of the molecule is CNC(=O)c1cc(C#N)cc(C)c1NC(=O)C(F)=Cc1cc(Br)nn1-c1ccc([N+](=O)[O-])cc1Cl. The number of nitro groups is 1. The van der Waals surface area contributed by atoms with Crippen molar-refractivity contribution in [2.75, 3.05) is 12.4 Å². The number of amides is 2. The van der Waals surface area contributed by atoms with Crippen molar-refractivity contribution in [1.82, 2.24) is 15.1 Å². The Kier molecular flexibility index (Phi) is 7.63. The minimum Gasteiger partial charge on any atom is -0.355 e. The summed E-state index contributed by atoms with van der Waals surface area (Å²) in [6.45, 7) is 1.56. The lowest BCUT2D eigenvalue weighted by molar-refractivity contribution is -0.384. The number of carbonyl (C=O) groups excluding carboxylic acids is 2. The Morgan fingerprint density at radius 3 is 2.63 bits per heavy atom. The zero-order valence-electron chi connectivity index (χ0n) is 18.1. The van der Waals surface area contributed by atoms with Gasteiger partial charge in [0.25, 0.3) is 17.5 Å². The third-order valence-corrected chi connectivity index (χ3v) is 5.43. The first kappa shape index (κ1) is 25.5. The van der Waals surface area contributed by atoms with E-state index in [2.05, 4.69) is 31.7 Å². The van der Waals surface area contributed by atoms with Crippen LogP contribution in [0.1, 0.15) is 27.2 Å². The van der Waals surface area contributed by atoms with Crippen LogP contribution in [0.3, 0.4) is 0 Å². The Morgan fingerprint density at radius 2 is 2.03 bits per heavy atom. The van der Waals surface area contributed by atoms with Crippen LogP contribution in [0.15, 0.2) is 46.8 Å². The molecule has 3 aromatic rings. The molecule has 0 unspecified atom stereocenters. The van der Waals surface area contributed by atoms with E-state index in [1.807, 2.05) is 6.07 Å². The molecule has 0 saturated heterocycles. The maximum absolute atomic E-state index is 15.0. The second-order valence-electron chi connectivity index (χ2n) is 7.05. The Hall–Kier alpha value is -4.08. The van der Waals surface area contributed by atoms with E-state index < -0.39 is 22.6 Å². The summed E-state index contributed by atoms with van der Waals surface area (Å²) in [5, 5.41) is 29.0. The molecule has 0 spiro atoms. The summed E-state index contributed by atoms with van der Waals surface area (Å²) >= 11 is 9.34. The highest BCUT2D eigenvalue weighted by Gasteiger charge is 2.20. The maximum atomic E-state index is 15.0. The summed E-state index contributed by atoms with van der Waals surface area (Å²) in [6, 6.07) is 9.74. The fraction of sp³-hybridized carbons (Fsp3) is 0.0909. The first-order valence-electron chi connectivity index (χ1n) is 9.71. The third-order valence-electron chi connectivity index (χ3n) is 4.74. The molecule has 0 fully saturated rings. The average Bonchev–Trinajstić information content (AvgIpc) is 3.18. The van der Waals surface area contributed by atoms with Crippen LogP contribution in [-0.2, 0) is 4.79 Å². The Morgan fingerprint density at radius 1 is 1.31 bits per heavy atom. The molecule has 13 heteroatoms. The molecule has 1 heterocycles. The Balaban J connectivity index is 1.98. The van der Waals surface area contributed by atoms with E-state index in [1.165, 1.54) is 42.1 Å². The first-order chi connectivity index (χ1) is 16.5. The van der Waals surface area contributed by atoms with Crippen LogP contribution in [0, 0.1) is 28.4 Å². The second-order valence-corrected chi connectivity index (χ2v) is 8.27. The van der Waals surface area contributed by atoms with Crippen LogP contribution in [0.25, 0.3) is 11.8 Å². The number of carbonyl (C=O) groups is 2. The number of aryl methyl sites for hydroxylation is 1. The zero-order chi connectivity index (χ0) is 25.9. The van der Waals surface area contributed by atoms with Crippen LogP contribution >= 0.6 is 27.5 Å². The monoisotopic (exact) mass is 560 g/mol. The van der Waals surface area contributed by atoms with E-state index >= 15 is 0 Å². The standard InChI is InChI=1S/C22H15BrClFN6O4/c1-11-5-12(10-26)6-15(21(32)27-2)20(11)28-22(33)17(25)8-14-9-19(23)29-30(14)18-4-3-13(31(34)35)7-16(18)24/h3-9H,1-2H3,(H,27,32)(H,28,33).